The molecule has 0 aliphatic carbocycles. The second-order valence-corrected chi connectivity index (χ2v) is 6.11. The number of esters is 1. The van der Waals surface area contributed by atoms with Crippen molar-refractivity contribution in [3.05, 3.63) is 90.0 Å². The van der Waals surface area contributed by atoms with Crippen molar-refractivity contribution in [1.82, 2.24) is 0 Å². The molecule has 1 N–H and O–H groups in total. The lowest BCUT2D eigenvalue weighted by molar-refractivity contribution is 0.0505. The first-order valence-electron chi connectivity index (χ1n) is 9.07. The molecular formula is C23H21NO4. The van der Waals surface area contributed by atoms with E-state index in [0.717, 1.165) is 6.42 Å². The number of hydrogen-bond acceptors (Lipinski definition) is 4. The van der Waals surface area contributed by atoms with E-state index in [1.807, 2.05) is 37.3 Å². The highest BCUT2D eigenvalue weighted by Gasteiger charge is 2.10. The van der Waals surface area contributed by atoms with Gasteiger partial charge in [0.25, 0.3) is 5.91 Å². The van der Waals surface area contributed by atoms with Gasteiger partial charge in [0, 0.05) is 11.3 Å². The fourth-order valence-corrected chi connectivity index (χ4v) is 2.50. The van der Waals surface area contributed by atoms with Crippen LogP contribution in [0.4, 0.5) is 5.69 Å². The van der Waals surface area contributed by atoms with Gasteiger partial charge in [-0.15, -0.1) is 0 Å². The zero-order valence-corrected chi connectivity index (χ0v) is 15.6. The standard InChI is InChI=1S/C23H21NO4/c1-2-15-27-23(26)17-11-13-19(14-12-17)24-22(25)18-7-6-10-21(16-18)28-20-8-4-3-5-9-20/h3-14,16H,2,15H2,1H3,(H,24,25). The highest BCUT2D eigenvalue weighted by Crippen LogP contribution is 2.22. The van der Waals surface area contributed by atoms with Crippen molar-refractivity contribution in [2.24, 2.45) is 0 Å². The van der Waals surface area contributed by atoms with Crippen molar-refractivity contribution in [3.8, 4) is 11.5 Å². The highest BCUT2D eigenvalue weighted by molar-refractivity contribution is 6.04. The smallest absolute Gasteiger partial charge is 0.338 e. The summed E-state index contributed by atoms with van der Waals surface area (Å²) in [5.41, 5.74) is 1.51. The first-order chi connectivity index (χ1) is 13.7. The lowest BCUT2D eigenvalue weighted by Gasteiger charge is -2.09. The predicted molar refractivity (Wildman–Crippen MR) is 108 cm³/mol. The number of carbonyl (C=O) groups is 2. The largest absolute Gasteiger partial charge is 0.462 e. The van der Waals surface area contributed by atoms with Crippen LogP contribution >= 0.6 is 0 Å². The van der Waals surface area contributed by atoms with E-state index in [1.165, 1.54) is 0 Å². The van der Waals surface area contributed by atoms with Crippen LogP contribution in [0.3, 0.4) is 0 Å². The molecule has 3 aromatic rings. The van der Waals surface area contributed by atoms with Crippen molar-refractivity contribution in [2.75, 3.05) is 11.9 Å². The van der Waals surface area contributed by atoms with Crippen LogP contribution in [0.25, 0.3) is 0 Å². The number of rotatable bonds is 7. The maximum atomic E-state index is 12.5. The minimum Gasteiger partial charge on any atom is -0.462 e. The molecule has 0 fully saturated rings. The molecule has 0 atom stereocenters. The molecule has 0 unspecified atom stereocenters. The Morgan fingerprint density at radius 2 is 1.54 bits per heavy atom. The Bertz CT molecular complexity index is 936. The summed E-state index contributed by atoms with van der Waals surface area (Å²) in [7, 11) is 0. The van der Waals surface area contributed by atoms with E-state index in [9.17, 15) is 9.59 Å². The average Bonchev–Trinajstić information content (AvgIpc) is 2.73. The Kier molecular flexibility index (Phi) is 6.41. The summed E-state index contributed by atoms with van der Waals surface area (Å²) in [6.45, 7) is 2.32. The number of hydrogen-bond donors (Lipinski definition) is 1. The molecule has 0 aromatic heterocycles. The lowest BCUT2D eigenvalue weighted by Crippen LogP contribution is -2.12. The van der Waals surface area contributed by atoms with Crippen LogP contribution in [-0.4, -0.2) is 18.5 Å². The van der Waals surface area contributed by atoms with Crippen molar-refractivity contribution < 1.29 is 19.1 Å². The van der Waals surface area contributed by atoms with Gasteiger partial charge in [-0.05, 0) is 61.0 Å². The Morgan fingerprint density at radius 1 is 0.821 bits per heavy atom. The molecule has 5 nitrogen and oxygen atoms in total. The first-order valence-corrected chi connectivity index (χ1v) is 9.07. The molecule has 0 bridgehead atoms. The summed E-state index contributed by atoms with van der Waals surface area (Å²) in [5.74, 6) is 0.642. The predicted octanol–water partition coefficient (Wildman–Crippen LogP) is 5.30. The van der Waals surface area contributed by atoms with E-state index in [1.54, 1.807) is 48.5 Å². The molecule has 5 heteroatoms. The summed E-state index contributed by atoms with van der Waals surface area (Å²) in [6, 6.07) is 22.9. The average molecular weight is 375 g/mol. The Hall–Kier alpha value is -3.60. The van der Waals surface area contributed by atoms with Crippen LogP contribution < -0.4 is 10.1 Å². The summed E-state index contributed by atoms with van der Waals surface area (Å²) in [4.78, 5) is 24.3. The third-order valence-electron chi connectivity index (χ3n) is 3.89. The van der Waals surface area contributed by atoms with E-state index in [0.29, 0.717) is 34.9 Å². The van der Waals surface area contributed by atoms with Crippen LogP contribution in [0.1, 0.15) is 34.1 Å². The van der Waals surface area contributed by atoms with Crippen molar-refractivity contribution in [1.29, 1.82) is 0 Å². The third-order valence-corrected chi connectivity index (χ3v) is 3.89. The molecular weight excluding hydrogens is 354 g/mol. The molecule has 0 saturated carbocycles. The van der Waals surface area contributed by atoms with Gasteiger partial charge in [-0.1, -0.05) is 31.2 Å². The van der Waals surface area contributed by atoms with Crippen LogP contribution in [-0.2, 0) is 4.74 Å². The molecule has 0 spiro atoms. The van der Waals surface area contributed by atoms with Crippen LogP contribution in [0.5, 0.6) is 11.5 Å². The third kappa shape index (κ3) is 5.20. The van der Waals surface area contributed by atoms with E-state index < -0.39 is 0 Å². The monoisotopic (exact) mass is 375 g/mol. The fraction of sp³-hybridized carbons (Fsp3) is 0.130. The van der Waals surface area contributed by atoms with E-state index in [4.69, 9.17) is 9.47 Å². The summed E-state index contributed by atoms with van der Waals surface area (Å²) in [6.07, 6.45) is 0.771. The second kappa shape index (κ2) is 9.37. The van der Waals surface area contributed by atoms with Gasteiger partial charge < -0.3 is 14.8 Å². The first kappa shape index (κ1) is 19.2. The quantitative estimate of drug-likeness (QED) is 0.569. The molecule has 3 aromatic carbocycles. The molecule has 0 radical (unpaired) electrons. The van der Waals surface area contributed by atoms with E-state index in [2.05, 4.69) is 5.32 Å². The van der Waals surface area contributed by atoms with Gasteiger partial charge in [0.05, 0.1) is 12.2 Å². The van der Waals surface area contributed by atoms with Gasteiger partial charge in [-0.3, -0.25) is 4.79 Å². The Labute approximate surface area is 163 Å². The maximum absolute atomic E-state index is 12.5. The molecule has 142 valence electrons. The molecule has 0 saturated heterocycles. The molecule has 0 heterocycles. The molecule has 1 amide bonds. The second-order valence-electron chi connectivity index (χ2n) is 6.11. The van der Waals surface area contributed by atoms with Crippen molar-refractivity contribution in [2.45, 2.75) is 13.3 Å². The highest BCUT2D eigenvalue weighted by atomic mass is 16.5. The Balaban J connectivity index is 1.64. The number of amides is 1. The van der Waals surface area contributed by atoms with Gasteiger partial charge in [0.2, 0.25) is 0 Å². The molecule has 28 heavy (non-hydrogen) atoms. The Morgan fingerprint density at radius 3 is 2.25 bits per heavy atom. The minimum atomic E-state index is -0.370. The lowest BCUT2D eigenvalue weighted by atomic mass is 10.1. The molecule has 0 aliphatic rings. The van der Waals surface area contributed by atoms with Crippen molar-refractivity contribution >= 4 is 17.6 Å². The van der Waals surface area contributed by atoms with Crippen LogP contribution in [0.15, 0.2) is 78.9 Å². The van der Waals surface area contributed by atoms with Gasteiger partial charge >= 0.3 is 5.97 Å². The molecule has 3 rings (SSSR count). The minimum absolute atomic E-state index is 0.264. The van der Waals surface area contributed by atoms with Gasteiger partial charge in [-0.25, -0.2) is 4.79 Å². The number of carbonyl (C=O) groups excluding carboxylic acids is 2. The van der Waals surface area contributed by atoms with Gasteiger partial charge in [0.1, 0.15) is 11.5 Å². The van der Waals surface area contributed by atoms with Crippen molar-refractivity contribution in [3.63, 3.8) is 0 Å². The number of benzene rings is 3. The van der Waals surface area contributed by atoms with E-state index in [-0.39, 0.29) is 11.9 Å². The number of nitrogens with one attached hydrogen (secondary N) is 1. The number of ether oxygens (including phenoxy) is 2. The summed E-state index contributed by atoms with van der Waals surface area (Å²) < 4.78 is 10.9. The summed E-state index contributed by atoms with van der Waals surface area (Å²) >= 11 is 0. The zero-order valence-electron chi connectivity index (χ0n) is 15.6. The maximum Gasteiger partial charge on any atom is 0.338 e. The topological polar surface area (TPSA) is 64.6 Å². The normalized spacial score (nSPS) is 10.2. The zero-order chi connectivity index (χ0) is 19.8. The van der Waals surface area contributed by atoms with Crippen LogP contribution in [0, 0.1) is 0 Å². The van der Waals surface area contributed by atoms with E-state index >= 15 is 0 Å². The number of para-hydroxylation sites is 1. The summed E-state index contributed by atoms with van der Waals surface area (Å²) in [5, 5.41) is 2.81. The number of anilines is 1. The van der Waals surface area contributed by atoms with Gasteiger partial charge in [-0.2, -0.15) is 0 Å². The fourth-order valence-electron chi connectivity index (χ4n) is 2.50. The molecule has 0 aliphatic heterocycles. The van der Waals surface area contributed by atoms with Crippen LogP contribution in [0.2, 0.25) is 0 Å². The SMILES string of the molecule is CCCOC(=O)c1ccc(NC(=O)c2cccc(Oc3ccccc3)c2)cc1. The van der Waals surface area contributed by atoms with Gasteiger partial charge in [0.15, 0.2) is 0 Å².